The highest BCUT2D eigenvalue weighted by Crippen LogP contribution is 2.29. The number of benzene rings is 1. The van der Waals surface area contributed by atoms with Gasteiger partial charge in [0.15, 0.2) is 0 Å². The Morgan fingerprint density at radius 1 is 1.41 bits per heavy atom. The normalized spacial score (nSPS) is 21.9. The summed E-state index contributed by atoms with van der Waals surface area (Å²) < 4.78 is 26.6. The number of rotatable bonds is 2. The molecule has 1 atom stereocenters. The molecule has 1 aromatic carbocycles. The van der Waals surface area contributed by atoms with Crippen molar-refractivity contribution in [1.82, 2.24) is 4.31 Å². The van der Waals surface area contributed by atoms with E-state index in [1.165, 1.54) is 0 Å². The highest BCUT2D eigenvalue weighted by Gasteiger charge is 2.33. The van der Waals surface area contributed by atoms with E-state index in [0.29, 0.717) is 22.7 Å². The van der Waals surface area contributed by atoms with Crippen LogP contribution >= 0.6 is 0 Å². The van der Waals surface area contributed by atoms with Crippen LogP contribution < -0.4 is 5.73 Å². The maximum absolute atomic E-state index is 12.5. The van der Waals surface area contributed by atoms with Gasteiger partial charge >= 0.3 is 0 Å². The highest BCUT2D eigenvalue weighted by atomic mass is 32.2. The summed E-state index contributed by atoms with van der Waals surface area (Å²) in [4.78, 5) is 0.339. The first kappa shape index (κ1) is 12.4. The van der Waals surface area contributed by atoms with Crippen molar-refractivity contribution in [3.63, 3.8) is 0 Å². The van der Waals surface area contributed by atoms with Gasteiger partial charge in [-0.3, -0.25) is 0 Å². The Hall–Kier alpha value is -1.07. The van der Waals surface area contributed by atoms with Gasteiger partial charge in [0.05, 0.1) is 4.90 Å². The molecule has 2 N–H and O–H groups in total. The average Bonchev–Trinajstić information content (AvgIpc) is 2.69. The van der Waals surface area contributed by atoms with E-state index in [2.05, 4.69) is 0 Å². The number of sulfonamides is 1. The minimum Gasteiger partial charge on any atom is -0.398 e. The molecule has 0 bridgehead atoms. The van der Waals surface area contributed by atoms with Crippen molar-refractivity contribution in [3.8, 4) is 0 Å². The number of nitrogen functional groups attached to an aromatic ring is 1. The van der Waals surface area contributed by atoms with Crippen LogP contribution in [0.4, 0.5) is 5.69 Å². The fourth-order valence-corrected chi connectivity index (χ4v) is 4.26. The molecule has 0 radical (unpaired) electrons. The summed E-state index contributed by atoms with van der Waals surface area (Å²) in [5, 5.41) is 0. The van der Waals surface area contributed by atoms with Crippen molar-refractivity contribution in [2.24, 2.45) is 0 Å². The highest BCUT2D eigenvalue weighted by molar-refractivity contribution is 7.89. The first-order valence-electron chi connectivity index (χ1n) is 5.81. The molecule has 0 spiro atoms. The summed E-state index contributed by atoms with van der Waals surface area (Å²) >= 11 is 0. The molecule has 1 fully saturated rings. The monoisotopic (exact) mass is 254 g/mol. The van der Waals surface area contributed by atoms with Gasteiger partial charge in [-0.15, -0.1) is 0 Å². The van der Waals surface area contributed by atoms with Crippen LogP contribution in [0.2, 0.25) is 0 Å². The van der Waals surface area contributed by atoms with Crippen LogP contribution in [0, 0.1) is 6.92 Å². The summed E-state index contributed by atoms with van der Waals surface area (Å²) in [6, 6.07) is 5.13. The van der Waals surface area contributed by atoms with Crippen LogP contribution in [0.3, 0.4) is 0 Å². The molecule has 1 unspecified atom stereocenters. The Labute approximate surface area is 102 Å². The molecule has 1 aliphatic heterocycles. The first-order chi connectivity index (χ1) is 7.94. The molecule has 0 saturated carbocycles. The van der Waals surface area contributed by atoms with Gasteiger partial charge in [0.2, 0.25) is 10.0 Å². The van der Waals surface area contributed by atoms with Crippen molar-refractivity contribution < 1.29 is 8.42 Å². The van der Waals surface area contributed by atoms with E-state index < -0.39 is 10.0 Å². The quantitative estimate of drug-likeness (QED) is 0.818. The van der Waals surface area contributed by atoms with Crippen molar-refractivity contribution in [2.45, 2.75) is 37.6 Å². The van der Waals surface area contributed by atoms with Crippen molar-refractivity contribution in [2.75, 3.05) is 12.3 Å². The summed E-state index contributed by atoms with van der Waals surface area (Å²) in [5.41, 5.74) is 6.94. The van der Waals surface area contributed by atoms with Crippen LogP contribution in [-0.4, -0.2) is 25.3 Å². The molecule has 0 aromatic heterocycles. The first-order valence-corrected chi connectivity index (χ1v) is 7.25. The minimum atomic E-state index is -3.39. The molecule has 1 aliphatic rings. The fourth-order valence-electron chi connectivity index (χ4n) is 2.30. The van der Waals surface area contributed by atoms with Crippen LogP contribution in [0.15, 0.2) is 23.1 Å². The fraction of sp³-hybridized carbons (Fsp3) is 0.500. The molecule has 4 nitrogen and oxygen atoms in total. The third-order valence-electron chi connectivity index (χ3n) is 3.40. The number of nitrogens with zero attached hydrogens (tertiary/aromatic N) is 1. The second kappa shape index (κ2) is 4.31. The van der Waals surface area contributed by atoms with Gasteiger partial charge in [-0.25, -0.2) is 8.42 Å². The minimum absolute atomic E-state index is 0.0841. The Balaban J connectivity index is 2.48. The van der Waals surface area contributed by atoms with Crippen LogP contribution in [0.1, 0.15) is 25.3 Å². The van der Waals surface area contributed by atoms with E-state index in [0.717, 1.165) is 12.8 Å². The topological polar surface area (TPSA) is 63.4 Å². The molecular formula is C12H18N2O2S. The SMILES string of the molecule is Cc1c(N)cccc1S(=O)(=O)N1CCCC1C. The average molecular weight is 254 g/mol. The number of anilines is 1. The van der Waals surface area contributed by atoms with Gasteiger partial charge < -0.3 is 5.73 Å². The summed E-state index contributed by atoms with van der Waals surface area (Å²) in [5.74, 6) is 0. The molecule has 0 amide bonds. The van der Waals surface area contributed by atoms with Gasteiger partial charge in [0.1, 0.15) is 0 Å². The number of hydrogen-bond donors (Lipinski definition) is 1. The van der Waals surface area contributed by atoms with Crippen molar-refractivity contribution in [3.05, 3.63) is 23.8 Å². The molecule has 2 rings (SSSR count). The van der Waals surface area contributed by atoms with Crippen LogP contribution in [0.5, 0.6) is 0 Å². The van der Waals surface area contributed by atoms with E-state index in [4.69, 9.17) is 5.73 Å². The number of hydrogen-bond acceptors (Lipinski definition) is 3. The van der Waals surface area contributed by atoms with E-state index in [1.54, 1.807) is 29.4 Å². The molecular weight excluding hydrogens is 236 g/mol. The Bertz CT molecular complexity index is 525. The molecule has 1 aromatic rings. The van der Waals surface area contributed by atoms with E-state index in [9.17, 15) is 8.42 Å². The third-order valence-corrected chi connectivity index (χ3v) is 5.56. The predicted octanol–water partition coefficient (Wildman–Crippen LogP) is 1.75. The van der Waals surface area contributed by atoms with E-state index in [1.807, 2.05) is 6.92 Å². The van der Waals surface area contributed by atoms with Crippen LogP contribution in [-0.2, 0) is 10.0 Å². The van der Waals surface area contributed by atoms with Gasteiger partial charge in [-0.2, -0.15) is 4.31 Å². The lowest BCUT2D eigenvalue weighted by atomic mass is 10.2. The largest absolute Gasteiger partial charge is 0.398 e. The Morgan fingerprint density at radius 2 is 2.12 bits per heavy atom. The summed E-state index contributed by atoms with van der Waals surface area (Å²) in [7, 11) is -3.39. The van der Waals surface area contributed by atoms with E-state index >= 15 is 0 Å². The van der Waals surface area contributed by atoms with Crippen molar-refractivity contribution >= 4 is 15.7 Å². The van der Waals surface area contributed by atoms with Crippen LogP contribution in [0.25, 0.3) is 0 Å². The van der Waals surface area contributed by atoms with Gasteiger partial charge in [0.25, 0.3) is 0 Å². The molecule has 1 heterocycles. The van der Waals surface area contributed by atoms with E-state index in [-0.39, 0.29) is 6.04 Å². The van der Waals surface area contributed by atoms with Crippen molar-refractivity contribution in [1.29, 1.82) is 0 Å². The predicted molar refractivity (Wildman–Crippen MR) is 68.2 cm³/mol. The molecule has 94 valence electrons. The lowest BCUT2D eigenvalue weighted by molar-refractivity contribution is 0.408. The lowest BCUT2D eigenvalue weighted by Crippen LogP contribution is -2.34. The summed E-state index contributed by atoms with van der Waals surface area (Å²) in [6.45, 7) is 4.31. The zero-order valence-corrected chi connectivity index (χ0v) is 11.0. The summed E-state index contributed by atoms with van der Waals surface area (Å²) in [6.07, 6.45) is 1.86. The second-order valence-corrected chi connectivity index (χ2v) is 6.44. The Kier molecular flexibility index (Phi) is 3.14. The standard InChI is InChI=1S/C12H18N2O2S/c1-9-5-4-8-14(9)17(15,16)12-7-3-6-11(13)10(12)2/h3,6-7,9H,4-5,8,13H2,1-2H3. The maximum Gasteiger partial charge on any atom is 0.243 e. The third kappa shape index (κ3) is 2.05. The van der Waals surface area contributed by atoms with Gasteiger partial charge in [-0.1, -0.05) is 6.07 Å². The van der Waals surface area contributed by atoms with Gasteiger partial charge in [0, 0.05) is 18.3 Å². The van der Waals surface area contributed by atoms with Gasteiger partial charge in [-0.05, 0) is 44.4 Å². The maximum atomic E-state index is 12.5. The second-order valence-electron chi connectivity index (χ2n) is 4.58. The zero-order valence-electron chi connectivity index (χ0n) is 10.2. The smallest absolute Gasteiger partial charge is 0.243 e. The number of nitrogens with two attached hydrogens (primary N) is 1. The zero-order chi connectivity index (χ0) is 12.6. The molecule has 17 heavy (non-hydrogen) atoms. The molecule has 0 aliphatic carbocycles. The molecule has 5 heteroatoms. The lowest BCUT2D eigenvalue weighted by Gasteiger charge is -2.22. The Morgan fingerprint density at radius 3 is 2.71 bits per heavy atom. The molecule has 1 saturated heterocycles.